The smallest absolute Gasteiger partial charge is 0.195 e. The van der Waals surface area contributed by atoms with Crippen molar-refractivity contribution in [3.05, 3.63) is 12.3 Å². The Kier molecular flexibility index (Phi) is 1.31. The van der Waals surface area contributed by atoms with E-state index in [2.05, 4.69) is 19.9 Å². The summed E-state index contributed by atoms with van der Waals surface area (Å²) in [5.74, 6) is 5.45. The third-order valence-corrected chi connectivity index (χ3v) is 1.53. The van der Waals surface area contributed by atoms with Crippen molar-refractivity contribution in [1.29, 1.82) is 0 Å². The van der Waals surface area contributed by atoms with Crippen LogP contribution in [-0.2, 0) is 0 Å². The molecule has 0 fully saturated rings. The van der Waals surface area contributed by atoms with Crippen molar-refractivity contribution in [3.8, 4) is 0 Å². The highest BCUT2D eigenvalue weighted by Crippen LogP contribution is 2.21. The first-order chi connectivity index (χ1) is 4.10. The molecule has 0 amide bonds. The SMILES string of the molecule is CC1(C)C=C[N+](N)=CC1. The van der Waals surface area contributed by atoms with Gasteiger partial charge in [-0.1, -0.05) is 18.5 Å². The Labute approximate surface area is 55.6 Å². The highest BCUT2D eigenvalue weighted by Gasteiger charge is 2.18. The lowest BCUT2D eigenvalue weighted by molar-refractivity contribution is -0.468. The van der Waals surface area contributed by atoms with Gasteiger partial charge >= 0.3 is 0 Å². The van der Waals surface area contributed by atoms with Crippen molar-refractivity contribution in [2.75, 3.05) is 0 Å². The van der Waals surface area contributed by atoms with Crippen molar-refractivity contribution in [1.82, 2.24) is 0 Å². The number of hydrazone groups is 1. The zero-order valence-corrected chi connectivity index (χ0v) is 5.96. The van der Waals surface area contributed by atoms with Gasteiger partial charge in [-0.15, -0.1) is 0 Å². The average Bonchev–Trinajstić information content (AvgIpc) is 1.78. The van der Waals surface area contributed by atoms with Crippen LogP contribution in [0.3, 0.4) is 0 Å². The molecule has 0 unspecified atom stereocenters. The Bertz CT molecular complexity index is 166. The van der Waals surface area contributed by atoms with E-state index < -0.39 is 0 Å². The van der Waals surface area contributed by atoms with Gasteiger partial charge in [-0.3, -0.25) is 0 Å². The number of hydrogen-bond acceptors (Lipinski definition) is 1. The van der Waals surface area contributed by atoms with Gasteiger partial charge in [-0.05, 0) is 11.5 Å². The maximum Gasteiger partial charge on any atom is 0.195 e. The summed E-state index contributed by atoms with van der Waals surface area (Å²) in [6.45, 7) is 4.38. The van der Waals surface area contributed by atoms with E-state index >= 15 is 0 Å². The second-order valence-electron chi connectivity index (χ2n) is 3.14. The summed E-state index contributed by atoms with van der Waals surface area (Å²) in [5, 5.41) is 0. The van der Waals surface area contributed by atoms with Gasteiger partial charge in [0.1, 0.15) is 0 Å². The molecular formula is C7H13N2+. The second kappa shape index (κ2) is 1.87. The second-order valence-corrected chi connectivity index (χ2v) is 3.14. The molecule has 1 aliphatic rings. The minimum atomic E-state index is 0.301. The number of nitrogens with zero attached hydrogens (tertiary/aromatic N) is 1. The van der Waals surface area contributed by atoms with Crippen LogP contribution in [0.5, 0.6) is 0 Å². The summed E-state index contributed by atoms with van der Waals surface area (Å²) >= 11 is 0. The van der Waals surface area contributed by atoms with E-state index in [0.29, 0.717) is 5.41 Å². The van der Waals surface area contributed by atoms with Crippen LogP contribution in [0.25, 0.3) is 0 Å². The molecule has 0 atom stereocenters. The summed E-state index contributed by atoms with van der Waals surface area (Å²) < 4.78 is 1.60. The molecule has 0 aromatic heterocycles. The maximum absolute atomic E-state index is 5.45. The lowest BCUT2D eigenvalue weighted by atomic mass is 9.89. The van der Waals surface area contributed by atoms with Gasteiger partial charge in [0.15, 0.2) is 12.4 Å². The maximum atomic E-state index is 5.45. The molecule has 1 aliphatic heterocycles. The fraction of sp³-hybridized carbons (Fsp3) is 0.571. The first kappa shape index (κ1) is 6.33. The van der Waals surface area contributed by atoms with Crippen molar-refractivity contribution < 1.29 is 4.68 Å². The first-order valence-corrected chi connectivity index (χ1v) is 3.16. The molecule has 0 saturated heterocycles. The predicted octanol–water partition coefficient (Wildman–Crippen LogP) is 0.887. The van der Waals surface area contributed by atoms with Gasteiger partial charge in [0.05, 0.1) is 0 Å². The lowest BCUT2D eigenvalue weighted by Crippen LogP contribution is -2.23. The Balaban J connectivity index is 2.70. The van der Waals surface area contributed by atoms with Crippen LogP contribution in [0.1, 0.15) is 20.3 Å². The lowest BCUT2D eigenvalue weighted by Gasteiger charge is -2.16. The standard InChI is InChI=1S/C7H13N2/c1-7(2)3-5-9(8)6-4-7/h3,5-6H,4,8H2,1-2H3/q+1. The normalized spacial score (nSPS) is 23.6. The molecule has 0 radical (unpaired) electrons. The van der Waals surface area contributed by atoms with E-state index in [4.69, 9.17) is 5.84 Å². The van der Waals surface area contributed by atoms with E-state index in [1.807, 2.05) is 12.4 Å². The largest absolute Gasteiger partial charge is 0.206 e. The van der Waals surface area contributed by atoms with Crippen LogP contribution in [0, 0.1) is 5.41 Å². The van der Waals surface area contributed by atoms with Crippen molar-refractivity contribution >= 4 is 6.21 Å². The van der Waals surface area contributed by atoms with Crippen molar-refractivity contribution in [2.24, 2.45) is 11.3 Å². The van der Waals surface area contributed by atoms with Crippen LogP contribution in [-0.4, -0.2) is 10.9 Å². The monoisotopic (exact) mass is 125 g/mol. The minimum absolute atomic E-state index is 0.301. The number of allylic oxidation sites excluding steroid dienone is 1. The molecule has 2 nitrogen and oxygen atoms in total. The summed E-state index contributed by atoms with van der Waals surface area (Å²) in [6, 6.07) is 0. The van der Waals surface area contributed by atoms with Gasteiger partial charge in [0, 0.05) is 6.42 Å². The fourth-order valence-electron chi connectivity index (χ4n) is 0.757. The van der Waals surface area contributed by atoms with E-state index in [0.717, 1.165) is 6.42 Å². The Morgan fingerprint density at radius 2 is 2.22 bits per heavy atom. The summed E-state index contributed by atoms with van der Waals surface area (Å²) in [7, 11) is 0. The van der Waals surface area contributed by atoms with Crippen molar-refractivity contribution in [3.63, 3.8) is 0 Å². The van der Waals surface area contributed by atoms with Crippen LogP contribution in [0.4, 0.5) is 0 Å². The van der Waals surface area contributed by atoms with Gasteiger partial charge in [-0.2, -0.15) is 0 Å². The highest BCUT2D eigenvalue weighted by atomic mass is 15.3. The zero-order chi connectivity index (χ0) is 6.91. The van der Waals surface area contributed by atoms with Gasteiger partial charge in [0.2, 0.25) is 0 Å². The van der Waals surface area contributed by atoms with Gasteiger partial charge in [0.25, 0.3) is 0 Å². The van der Waals surface area contributed by atoms with Crippen LogP contribution < -0.4 is 5.84 Å². The third kappa shape index (κ3) is 1.56. The molecule has 0 bridgehead atoms. The first-order valence-electron chi connectivity index (χ1n) is 3.16. The summed E-state index contributed by atoms with van der Waals surface area (Å²) in [4.78, 5) is 0. The topological polar surface area (TPSA) is 29.0 Å². The predicted molar refractivity (Wildman–Crippen MR) is 38.0 cm³/mol. The van der Waals surface area contributed by atoms with Crippen molar-refractivity contribution in [2.45, 2.75) is 20.3 Å². The molecule has 2 heteroatoms. The molecule has 50 valence electrons. The average molecular weight is 125 g/mol. The Hall–Kier alpha value is -0.790. The number of hydrogen-bond donors (Lipinski definition) is 1. The number of rotatable bonds is 0. The van der Waals surface area contributed by atoms with E-state index in [9.17, 15) is 0 Å². The van der Waals surface area contributed by atoms with E-state index in [-0.39, 0.29) is 0 Å². The van der Waals surface area contributed by atoms with Crippen LogP contribution in [0.2, 0.25) is 0 Å². The molecule has 1 heterocycles. The van der Waals surface area contributed by atoms with E-state index in [1.165, 1.54) is 0 Å². The molecule has 0 aromatic carbocycles. The zero-order valence-electron chi connectivity index (χ0n) is 5.96. The fourth-order valence-corrected chi connectivity index (χ4v) is 0.757. The minimum Gasteiger partial charge on any atom is -0.206 e. The Morgan fingerprint density at radius 1 is 1.56 bits per heavy atom. The van der Waals surface area contributed by atoms with Crippen LogP contribution in [0.15, 0.2) is 12.3 Å². The molecular weight excluding hydrogens is 112 g/mol. The molecule has 1 rings (SSSR count). The third-order valence-electron chi connectivity index (χ3n) is 1.53. The Morgan fingerprint density at radius 3 is 2.56 bits per heavy atom. The number of nitrogens with two attached hydrogens (primary N) is 1. The quantitative estimate of drug-likeness (QED) is 0.378. The highest BCUT2D eigenvalue weighted by molar-refractivity contribution is 5.54. The van der Waals surface area contributed by atoms with Gasteiger partial charge in [-0.25, -0.2) is 5.84 Å². The molecule has 0 spiro atoms. The molecule has 0 aliphatic carbocycles. The molecule has 2 N–H and O–H groups in total. The number of hydrazine groups is 1. The molecule has 9 heavy (non-hydrogen) atoms. The molecule has 0 saturated carbocycles. The summed E-state index contributed by atoms with van der Waals surface area (Å²) in [5.41, 5.74) is 0.301. The van der Waals surface area contributed by atoms with Crippen LogP contribution >= 0.6 is 0 Å². The molecule has 0 aromatic rings. The van der Waals surface area contributed by atoms with Gasteiger partial charge < -0.3 is 0 Å². The van der Waals surface area contributed by atoms with E-state index in [1.54, 1.807) is 4.68 Å². The summed E-state index contributed by atoms with van der Waals surface area (Å²) in [6.07, 6.45) is 7.02.